The highest BCUT2D eigenvalue weighted by Gasteiger charge is 2.22. The summed E-state index contributed by atoms with van der Waals surface area (Å²) in [7, 11) is 0. The molecule has 0 bridgehead atoms. The van der Waals surface area contributed by atoms with Crippen LogP contribution in [0, 0.1) is 6.92 Å². The molecule has 0 saturated carbocycles. The maximum atomic E-state index is 10.5. The lowest BCUT2D eigenvalue weighted by Gasteiger charge is -2.15. The lowest BCUT2D eigenvalue weighted by molar-refractivity contribution is -0.141. The topological polar surface area (TPSA) is 83.5 Å². The molecule has 4 nitrogen and oxygen atoms in total. The fraction of sp³-hybridized carbons (Fsp3) is 0.300. The highest BCUT2D eigenvalue weighted by atomic mass is 16.4. The molecule has 0 fully saturated rings. The first kappa shape index (κ1) is 10.7. The molecular formula is C10H13NO3. The van der Waals surface area contributed by atoms with Crippen LogP contribution in [0.3, 0.4) is 0 Å². The summed E-state index contributed by atoms with van der Waals surface area (Å²) in [6.07, 6.45) is -1.16. The van der Waals surface area contributed by atoms with Crippen LogP contribution in [0.2, 0.25) is 0 Å². The first-order valence-electron chi connectivity index (χ1n) is 4.25. The van der Waals surface area contributed by atoms with Gasteiger partial charge in [0.2, 0.25) is 0 Å². The van der Waals surface area contributed by atoms with Gasteiger partial charge in [0.15, 0.2) is 0 Å². The standard InChI is InChI=1S/C10H13NO3/c1-6-2-4-7(5-3-6)9(12)8(11)10(13)14/h2-5,8-9,12H,11H2,1H3,(H,13,14)/t8-,9-/m0/s1. The van der Waals surface area contributed by atoms with Gasteiger partial charge in [0.05, 0.1) is 0 Å². The van der Waals surface area contributed by atoms with E-state index in [0.717, 1.165) is 5.56 Å². The number of rotatable bonds is 3. The fourth-order valence-corrected chi connectivity index (χ4v) is 1.11. The third-order valence-electron chi connectivity index (χ3n) is 2.04. The maximum Gasteiger partial charge on any atom is 0.323 e. The Kier molecular flexibility index (Phi) is 3.22. The highest BCUT2D eigenvalue weighted by Crippen LogP contribution is 2.16. The third kappa shape index (κ3) is 2.31. The van der Waals surface area contributed by atoms with E-state index in [1.54, 1.807) is 24.3 Å². The number of aliphatic hydroxyl groups excluding tert-OH is 1. The van der Waals surface area contributed by atoms with Crippen LogP contribution in [-0.4, -0.2) is 22.2 Å². The van der Waals surface area contributed by atoms with Crippen LogP contribution >= 0.6 is 0 Å². The zero-order chi connectivity index (χ0) is 10.7. The minimum Gasteiger partial charge on any atom is -0.480 e. The molecule has 76 valence electrons. The van der Waals surface area contributed by atoms with Crippen LogP contribution in [0.5, 0.6) is 0 Å². The van der Waals surface area contributed by atoms with Gasteiger partial charge in [0, 0.05) is 0 Å². The van der Waals surface area contributed by atoms with Gasteiger partial charge in [0.25, 0.3) is 0 Å². The summed E-state index contributed by atoms with van der Waals surface area (Å²) < 4.78 is 0. The summed E-state index contributed by atoms with van der Waals surface area (Å²) in [5.41, 5.74) is 6.85. The average Bonchev–Trinajstić information content (AvgIpc) is 2.16. The Morgan fingerprint density at radius 1 is 1.36 bits per heavy atom. The summed E-state index contributed by atoms with van der Waals surface area (Å²) in [5.74, 6) is -1.21. The molecule has 0 spiro atoms. The van der Waals surface area contributed by atoms with Crippen LogP contribution in [-0.2, 0) is 4.79 Å². The molecule has 1 aromatic rings. The first-order valence-corrected chi connectivity index (χ1v) is 4.25. The Labute approximate surface area is 82.0 Å². The van der Waals surface area contributed by atoms with E-state index in [-0.39, 0.29) is 0 Å². The second-order valence-electron chi connectivity index (χ2n) is 3.22. The van der Waals surface area contributed by atoms with Gasteiger partial charge < -0.3 is 15.9 Å². The van der Waals surface area contributed by atoms with Gasteiger partial charge in [-0.2, -0.15) is 0 Å². The number of carbonyl (C=O) groups is 1. The molecule has 0 radical (unpaired) electrons. The second-order valence-corrected chi connectivity index (χ2v) is 3.22. The van der Waals surface area contributed by atoms with Crippen molar-refractivity contribution in [1.82, 2.24) is 0 Å². The molecule has 2 atom stereocenters. The molecule has 14 heavy (non-hydrogen) atoms. The number of hydrogen-bond acceptors (Lipinski definition) is 3. The minimum absolute atomic E-state index is 0.519. The number of hydrogen-bond donors (Lipinski definition) is 3. The summed E-state index contributed by atoms with van der Waals surface area (Å²) in [6, 6.07) is 5.66. The molecule has 0 aliphatic rings. The Balaban J connectivity index is 2.84. The summed E-state index contributed by atoms with van der Waals surface area (Å²) >= 11 is 0. The van der Waals surface area contributed by atoms with Crippen molar-refractivity contribution in [3.8, 4) is 0 Å². The van der Waals surface area contributed by atoms with Gasteiger partial charge in [-0.3, -0.25) is 4.79 Å². The van der Waals surface area contributed by atoms with Crippen molar-refractivity contribution in [3.63, 3.8) is 0 Å². The molecule has 4 heteroatoms. The van der Waals surface area contributed by atoms with Crippen molar-refractivity contribution in [1.29, 1.82) is 0 Å². The van der Waals surface area contributed by atoms with E-state index < -0.39 is 18.1 Å². The second kappa shape index (κ2) is 4.21. The molecule has 4 N–H and O–H groups in total. The summed E-state index contributed by atoms with van der Waals surface area (Å²) in [5, 5.41) is 18.1. The molecule has 0 aromatic heterocycles. The SMILES string of the molecule is Cc1ccc([C@H](O)[C@H](N)C(=O)O)cc1. The van der Waals surface area contributed by atoms with Crippen molar-refractivity contribution in [3.05, 3.63) is 35.4 Å². The number of carboxylic acids is 1. The number of benzene rings is 1. The van der Waals surface area contributed by atoms with Crippen molar-refractivity contribution >= 4 is 5.97 Å². The van der Waals surface area contributed by atoms with Gasteiger partial charge in [-0.15, -0.1) is 0 Å². The van der Waals surface area contributed by atoms with Gasteiger partial charge >= 0.3 is 5.97 Å². The lowest BCUT2D eigenvalue weighted by atomic mass is 10.0. The van der Waals surface area contributed by atoms with Gasteiger partial charge in [-0.1, -0.05) is 29.8 Å². The van der Waals surface area contributed by atoms with Crippen LogP contribution in [0.15, 0.2) is 24.3 Å². The van der Waals surface area contributed by atoms with E-state index in [0.29, 0.717) is 5.56 Å². The van der Waals surface area contributed by atoms with Crippen LogP contribution < -0.4 is 5.73 Å². The number of nitrogens with two attached hydrogens (primary N) is 1. The predicted octanol–water partition coefficient (Wildman–Crippen LogP) is 0.440. The van der Waals surface area contributed by atoms with Crippen molar-refractivity contribution < 1.29 is 15.0 Å². The molecular weight excluding hydrogens is 182 g/mol. The van der Waals surface area contributed by atoms with E-state index in [2.05, 4.69) is 0 Å². The minimum atomic E-state index is -1.28. The highest BCUT2D eigenvalue weighted by molar-refractivity contribution is 5.74. The third-order valence-corrected chi connectivity index (χ3v) is 2.04. The fourth-order valence-electron chi connectivity index (χ4n) is 1.11. The molecule has 0 unspecified atom stereocenters. The smallest absolute Gasteiger partial charge is 0.323 e. The van der Waals surface area contributed by atoms with Crippen LogP contribution in [0.25, 0.3) is 0 Å². The first-order chi connectivity index (χ1) is 6.52. The number of aliphatic carboxylic acids is 1. The average molecular weight is 195 g/mol. The normalized spacial score (nSPS) is 14.8. The summed E-state index contributed by atoms with van der Waals surface area (Å²) in [4.78, 5) is 10.5. The molecule has 0 aliphatic heterocycles. The van der Waals surface area contributed by atoms with E-state index in [9.17, 15) is 9.90 Å². The molecule has 0 heterocycles. The zero-order valence-electron chi connectivity index (χ0n) is 7.84. The largest absolute Gasteiger partial charge is 0.480 e. The Morgan fingerprint density at radius 3 is 2.29 bits per heavy atom. The van der Waals surface area contributed by atoms with E-state index in [1.165, 1.54) is 0 Å². The molecule has 0 aliphatic carbocycles. The predicted molar refractivity (Wildman–Crippen MR) is 51.8 cm³/mol. The zero-order valence-corrected chi connectivity index (χ0v) is 7.84. The van der Waals surface area contributed by atoms with Crippen LogP contribution in [0.1, 0.15) is 17.2 Å². The van der Waals surface area contributed by atoms with Gasteiger partial charge in [-0.25, -0.2) is 0 Å². The number of carboxylic acid groups (broad SMARTS) is 1. The molecule has 0 amide bonds. The van der Waals surface area contributed by atoms with Gasteiger partial charge in [0.1, 0.15) is 12.1 Å². The summed E-state index contributed by atoms with van der Waals surface area (Å²) in [6.45, 7) is 1.91. The maximum absolute atomic E-state index is 10.5. The molecule has 0 saturated heterocycles. The quantitative estimate of drug-likeness (QED) is 0.653. The Bertz CT molecular complexity index is 321. The van der Waals surface area contributed by atoms with Gasteiger partial charge in [-0.05, 0) is 12.5 Å². The Morgan fingerprint density at radius 2 is 1.86 bits per heavy atom. The van der Waals surface area contributed by atoms with E-state index in [1.807, 2.05) is 6.92 Å². The number of aliphatic hydroxyl groups is 1. The van der Waals surface area contributed by atoms with Crippen LogP contribution in [0.4, 0.5) is 0 Å². The number of aryl methyl sites for hydroxylation is 1. The van der Waals surface area contributed by atoms with Crippen molar-refractivity contribution in [2.45, 2.75) is 19.1 Å². The van der Waals surface area contributed by atoms with E-state index >= 15 is 0 Å². The molecule has 1 rings (SSSR count). The lowest BCUT2D eigenvalue weighted by Crippen LogP contribution is -2.36. The van der Waals surface area contributed by atoms with Crippen molar-refractivity contribution in [2.75, 3.05) is 0 Å². The monoisotopic (exact) mass is 195 g/mol. The molecule has 1 aromatic carbocycles. The van der Waals surface area contributed by atoms with E-state index in [4.69, 9.17) is 10.8 Å². The Hall–Kier alpha value is -1.39. The van der Waals surface area contributed by atoms with Crippen molar-refractivity contribution in [2.24, 2.45) is 5.73 Å².